The molecule has 0 fully saturated rings. The number of benzene rings is 3. The topological polar surface area (TPSA) is 90.2 Å². The summed E-state index contributed by atoms with van der Waals surface area (Å²) in [4.78, 5) is 25.6. The van der Waals surface area contributed by atoms with Gasteiger partial charge in [-0.15, -0.1) is 0 Å². The summed E-state index contributed by atoms with van der Waals surface area (Å²) in [5.74, 6) is -1.69. The lowest BCUT2D eigenvalue weighted by Gasteiger charge is -2.06. The van der Waals surface area contributed by atoms with Crippen LogP contribution in [0.2, 0.25) is 0 Å². The van der Waals surface area contributed by atoms with Crippen LogP contribution in [0.1, 0.15) is 15.9 Å². The standard InChI is InChI=1S/C23H16N2O3S/c24-15-18(22(26)25-19-6-4-5-17(14-19)23(27)28)13-16-9-11-21(12-10-16)29-20-7-2-1-3-8-20/h1-14H,(H,25,26)(H,27,28). The van der Waals surface area contributed by atoms with Gasteiger partial charge in [0, 0.05) is 15.5 Å². The first kappa shape index (κ1) is 19.9. The summed E-state index contributed by atoms with van der Waals surface area (Å²) in [5.41, 5.74) is 1.00. The van der Waals surface area contributed by atoms with E-state index in [9.17, 15) is 14.9 Å². The third-order valence-electron chi connectivity index (χ3n) is 3.90. The Morgan fingerprint density at radius 2 is 1.62 bits per heavy atom. The Hall–Kier alpha value is -3.82. The molecule has 0 aliphatic rings. The third-order valence-corrected chi connectivity index (χ3v) is 4.92. The van der Waals surface area contributed by atoms with Crippen molar-refractivity contribution in [2.75, 3.05) is 5.32 Å². The minimum absolute atomic E-state index is 0.0526. The van der Waals surface area contributed by atoms with Crippen LogP contribution in [0.4, 0.5) is 5.69 Å². The minimum Gasteiger partial charge on any atom is -0.478 e. The van der Waals surface area contributed by atoms with Crippen molar-refractivity contribution in [2.45, 2.75) is 9.79 Å². The predicted octanol–water partition coefficient (Wildman–Crippen LogP) is 5.08. The highest BCUT2D eigenvalue weighted by Crippen LogP contribution is 2.27. The Morgan fingerprint density at radius 1 is 0.931 bits per heavy atom. The Labute approximate surface area is 172 Å². The molecule has 0 saturated heterocycles. The van der Waals surface area contributed by atoms with Crippen LogP contribution in [-0.4, -0.2) is 17.0 Å². The molecule has 0 atom stereocenters. The van der Waals surface area contributed by atoms with E-state index < -0.39 is 11.9 Å². The highest BCUT2D eigenvalue weighted by Gasteiger charge is 2.11. The van der Waals surface area contributed by atoms with Gasteiger partial charge in [0.2, 0.25) is 0 Å². The normalized spacial score (nSPS) is 10.8. The minimum atomic E-state index is -1.09. The van der Waals surface area contributed by atoms with Gasteiger partial charge in [0.05, 0.1) is 5.56 Å². The second kappa shape index (κ2) is 9.40. The molecule has 2 N–H and O–H groups in total. The van der Waals surface area contributed by atoms with Crippen LogP contribution in [0.15, 0.2) is 94.2 Å². The van der Waals surface area contributed by atoms with Crippen molar-refractivity contribution in [3.05, 3.63) is 95.6 Å². The maximum atomic E-state index is 12.4. The van der Waals surface area contributed by atoms with E-state index in [1.165, 1.54) is 24.3 Å². The van der Waals surface area contributed by atoms with Gasteiger partial charge in [-0.2, -0.15) is 5.26 Å². The van der Waals surface area contributed by atoms with E-state index in [0.717, 1.165) is 9.79 Å². The van der Waals surface area contributed by atoms with Crippen molar-refractivity contribution in [3.63, 3.8) is 0 Å². The Kier molecular flexibility index (Phi) is 6.46. The number of carbonyl (C=O) groups is 2. The van der Waals surface area contributed by atoms with Crippen LogP contribution < -0.4 is 5.32 Å². The Morgan fingerprint density at radius 3 is 2.28 bits per heavy atom. The highest BCUT2D eigenvalue weighted by atomic mass is 32.2. The Bertz CT molecular complexity index is 1100. The number of nitrogens with one attached hydrogen (secondary N) is 1. The second-order valence-corrected chi connectivity index (χ2v) is 7.14. The van der Waals surface area contributed by atoms with E-state index in [1.54, 1.807) is 17.8 Å². The van der Waals surface area contributed by atoms with E-state index in [1.807, 2.05) is 60.7 Å². The summed E-state index contributed by atoms with van der Waals surface area (Å²) < 4.78 is 0. The number of nitriles is 1. The smallest absolute Gasteiger partial charge is 0.335 e. The quantitative estimate of drug-likeness (QED) is 0.445. The Balaban J connectivity index is 1.72. The van der Waals surface area contributed by atoms with Crippen molar-refractivity contribution < 1.29 is 14.7 Å². The fraction of sp³-hybridized carbons (Fsp3) is 0. The fourth-order valence-corrected chi connectivity index (χ4v) is 3.34. The van der Waals surface area contributed by atoms with E-state index in [2.05, 4.69) is 5.32 Å². The molecular formula is C23H16N2O3S. The predicted molar refractivity (Wildman–Crippen MR) is 113 cm³/mol. The van der Waals surface area contributed by atoms with Crippen LogP contribution in [0.3, 0.4) is 0 Å². The van der Waals surface area contributed by atoms with Gasteiger partial charge in [-0.3, -0.25) is 4.79 Å². The number of anilines is 1. The van der Waals surface area contributed by atoms with E-state index in [4.69, 9.17) is 5.11 Å². The number of amides is 1. The number of rotatable bonds is 6. The summed E-state index contributed by atoms with van der Waals surface area (Å²) in [6.45, 7) is 0. The number of aromatic carboxylic acids is 1. The molecule has 3 rings (SSSR count). The summed E-state index contributed by atoms with van der Waals surface area (Å²) in [6, 6.07) is 25.2. The van der Waals surface area contributed by atoms with E-state index in [0.29, 0.717) is 11.3 Å². The fourth-order valence-electron chi connectivity index (χ4n) is 2.50. The molecular weight excluding hydrogens is 384 g/mol. The van der Waals surface area contributed by atoms with Crippen molar-refractivity contribution in [3.8, 4) is 6.07 Å². The first-order chi connectivity index (χ1) is 14.0. The number of carbonyl (C=O) groups excluding carboxylic acids is 1. The van der Waals surface area contributed by atoms with E-state index in [-0.39, 0.29) is 11.1 Å². The maximum Gasteiger partial charge on any atom is 0.335 e. The van der Waals surface area contributed by atoms with Gasteiger partial charge in [0.25, 0.3) is 5.91 Å². The zero-order valence-corrected chi connectivity index (χ0v) is 16.0. The van der Waals surface area contributed by atoms with E-state index >= 15 is 0 Å². The van der Waals surface area contributed by atoms with Crippen LogP contribution in [0, 0.1) is 11.3 Å². The summed E-state index contributed by atoms with van der Waals surface area (Å²) in [7, 11) is 0. The second-order valence-electron chi connectivity index (χ2n) is 5.99. The zero-order chi connectivity index (χ0) is 20.6. The van der Waals surface area contributed by atoms with Crippen LogP contribution in [-0.2, 0) is 4.79 Å². The van der Waals surface area contributed by atoms with Crippen LogP contribution in [0.25, 0.3) is 6.08 Å². The molecule has 1 amide bonds. The molecule has 29 heavy (non-hydrogen) atoms. The van der Waals surface area contributed by atoms with Gasteiger partial charge in [-0.25, -0.2) is 4.79 Å². The molecule has 0 radical (unpaired) electrons. The number of carboxylic acids is 1. The zero-order valence-electron chi connectivity index (χ0n) is 15.2. The summed E-state index contributed by atoms with van der Waals surface area (Å²) in [6.07, 6.45) is 1.49. The molecule has 142 valence electrons. The van der Waals surface area contributed by atoms with Crippen molar-refractivity contribution in [2.24, 2.45) is 0 Å². The number of nitrogens with zero attached hydrogens (tertiary/aromatic N) is 1. The molecule has 0 saturated carbocycles. The van der Waals surface area contributed by atoms with Crippen molar-refractivity contribution in [1.29, 1.82) is 5.26 Å². The molecule has 3 aromatic rings. The lowest BCUT2D eigenvalue weighted by Crippen LogP contribution is -2.13. The van der Waals surface area contributed by atoms with Crippen LogP contribution >= 0.6 is 11.8 Å². The molecule has 0 unspecified atom stereocenters. The highest BCUT2D eigenvalue weighted by molar-refractivity contribution is 7.99. The molecule has 0 aromatic heterocycles. The summed E-state index contributed by atoms with van der Waals surface area (Å²) in [5, 5.41) is 20.9. The van der Waals surface area contributed by atoms with Gasteiger partial charge < -0.3 is 10.4 Å². The average molecular weight is 400 g/mol. The monoisotopic (exact) mass is 400 g/mol. The largest absolute Gasteiger partial charge is 0.478 e. The van der Waals surface area contributed by atoms with Crippen molar-refractivity contribution in [1.82, 2.24) is 0 Å². The molecule has 0 bridgehead atoms. The van der Waals surface area contributed by atoms with Gasteiger partial charge in [0.15, 0.2) is 0 Å². The SMILES string of the molecule is N#CC(=Cc1ccc(Sc2ccccc2)cc1)C(=O)Nc1cccc(C(=O)O)c1. The molecule has 0 heterocycles. The molecule has 0 aliphatic carbocycles. The van der Waals surface area contributed by atoms with Gasteiger partial charge in [-0.05, 0) is 54.1 Å². The third kappa shape index (κ3) is 5.58. The van der Waals surface area contributed by atoms with Gasteiger partial charge in [-0.1, -0.05) is 48.2 Å². The lowest BCUT2D eigenvalue weighted by atomic mass is 10.1. The first-order valence-corrected chi connectivity index (χ1v) is 9.46. The maximum absolute atomic E-state index is 12.4. The molecule has 0 aliphatic heterocycles. The number of carboxylic acid groups (broad SMARTS) is 1. The van der Waals surface area contributed by atoms with Gasteiger partial charge in [0.1, 0.15) is 11.6 Å². The molecule has 5 nitrogen and oxygen atoms in total. The molecule has 3 aromatic carbocycles. The summed E-state index contributed by atoms with van der Waals surface area (Å²) >= 11 is 1.62. The molecule has 6 heteroatoms. The van der Waals surface area contributed by atoms with Crippen molar-refractivity contribution >= 4 is 35.4 Å². The number of hydrogen-bond acceptors (Lipinski definition) is 4. The number of hydrogen-bond donors (Lipinski definition) is 2. The molecule has 0 spiro atoms. The van der Waals surface area contributed by atoms with Gasteiger partial charge >= 0.3 is 5.97 Å². The average Bonchev–Trinajstić information content (AvgIpc) is 2.74. The first-order valence-electron chi connectivity index (χ1n) is 8.64. The lowest BCUT2D eigenvalue weighted by molar-refractivity contribution is -0.112. The van der Waals surface area contributed by atoms with Crippen LogP contribution in [0.5, 0.6) is 0 Å².